The fourth-order valence-corrected chi connectivity index (χ4v) is 1.57. The molecule has 16 heavy (non-hydrogen) atoms. The molecule has 0 spiro atoms. The second-order valence-electron chi connectivity index (χ2n) is 3.24. The summed E-state index contributed by atoms with van der Waals surface area (Å²) in [7, 11) is 1.30. The van der Waals surface area contributed by atoms with E-state index >= 15 is 0 Å². The van der Waals surface area contributed by atoms with Crippen LogP contribution in [0.2, 0.25) is 5.02 Å². The molecular formula is C10H11ClFNO3. The molecule has 0 aliphatic carbocycles. The van der Waals surface area contributed by atoms with Crippen molar-refractivity contribution in [3.05, 3.63) is 28.5 Å². The van der Waals surface area contributed by atoms with E-state index in [1.807, 2.05) is 0 Å². The van der Waals surface area contributed by atoms with Crippen LogP contribution in [0, 0.1) is 5.82 Å². The molecule has 6 heteroatoms. The Morgan fingerprint density at radius 2 is 2.31 bits per heavy atom. The minimum atomic E-state index is -1.15. The van der Waals surface area contributed by atoms with Gasteiger partial charge in [0.05, 0.1) is 12.1 Å². The fourth-order valence-electron chi connectivity index (χ4n) is 1.27. The zero-order valence-electron chi connectivity index (χ0n) is 8.54. The van der Waals surface area contributed by atoms with E-state index in [2.05, 4.69) is 0 Å². The lowest BCUT2D eigenvalue weighted by molar-refractivity contribution is -0.138. The van der Waals surface area contributed by atoms with Crippen molar-refractivity contribution in [2.24, 2.45) is 5.73 Å². The van der Waals surface area contributed by atoms with Crippen LogP contribution in [0.25, 0.3) is 0 Å². The summed E-state index contributed by atoms with van der Waals surface area (Å²) in [6.45, 7) is 0. The molecule has 0 aliphatic heterocycles. The third-order valence-electron chi connectivity index (χ3n) is 2.04. The molecule has 0 saturated heterocycles. The van der Waals surface area contributed by atoms with Gasteiger partial charge in [-0.2, -0.15) is 0 Å². The number of benzene rings is 1. The molecule has 0 fully saturated rings. The van der Waals surface area contributed by atoms with Crippen molar-refractivity contribution in [3.8, 4) is 5.75 Å². The van der Waals surface area contributed by atoms with Crippen LogP contribution in [0.4, 0.5) is 4.39 Å². The fraction of sp³-hybridized carbons (Fsp3) is 0.300. The number of halogens is 2. The summed E-state index contributed by atoms with van der Waals surface area (Å²) >= 11 is 5.74. The molecule has 3 N–H and O–H groups in total. The van der Waals surface area contributed by atoms with Crippen molar-refractivity contribution in [1.29, 1.82) is 0 Å². The first-order chi connectivity index (χ1) is 7.45. The lowest BCUT2D eigenvalue weighted by Crippen LogP contribution is -2.32. The van der Waals surface area contributed by atoms with Gasteiger partial charge in [-0.15, -0.1) is 0 Å². The highest BCUT2D eigenvalue weighted by Gasteiger charge is 2.15. The molecule has 0 aliphatic rings. The third-order valence-corrected chi connectivity index (χ3v) is 2.32. The SMILES string of the molecule is COc1c(F)cc(C[C@@H](N)C(=O)O)cc1Cl. The molecule has 0 saturated carbocycles. The smallest absolute Gasteiger partial charge is 0.320 e. The molecule has 0 unspecified atom stereocenters. The summed E-state index contributed by atoms with van der Waals surface area (Å²) in [5.41, 5.74) is 5.74. The predicted octanol–water partition coefficient (Wildman–Crippen LogP) is 1.44. The molecule has 1 atom stereocenters. The number of ether oxygens (including phenoxy) is 1. The van der Waals surface area contributed by atoms with Crippen LogP contribution in [0.3, 0.4) is 0 Å². The maximum Gasteiger partial charge on any atom is 0.320 e. The highest BCUT2D eigenvalue weighted by Crippen LogP contribution is 2.29. The van der Waals surface area contributed by atoms with Crippen molar-refractivity contribution in [2.75, 3.05) is 7.11 Å². The molecule has 0 heterocycles. The Kier molecular flexibility index (Phi) is 4.09. The molecule has 88 valence electrons. The average molecular weight is 248 g/mol. The van der Waals surface area contributed by atoms with Gasteiger partial charge in [-0.05, 0) is 24.1 Å². The number of carbonyl (C=O) groups is 1. The normalized spacial score (nSPS) is 12.2. The van der Waals surface area contributed by atoms with Crippen molar-refractivity contribution in [1.82, 2.24) is 0 Å². The second-order valence-corrected chi connectivity index (χ2v) is 3.65. The van der Waals surface area contributed by atoms with Crippen LogP contribution in [-0.4, -0.2) is 24.2 Å². The monoisotopic (exact) mass is 247 g/mol. The van der Waals surface area contributed by atoms with Crippen LogP contribution >= 0.6 is 11.6 Å². The molecule has 0 radical (unpaired) electrons. The predicted molar refractivity (Wildman–Crippen MR) is 57.3 cm³/mol. The lowest BCUT2D eigenvalue weighted by atomic mass is 10.1. The van der Waals surface area contributed by atoms with Crippen molar-refractivity contribution in [2.45, 2.75) is 12.5 Å². The molecule has 0 amide bonds. The summed E-state index contributed by atoms with van der Waals surface area (Å²) in [6, 6.07) is 1.52. The molecular weight excluding hydrogens is 237 g/mol. The highest BCUT2D eigenvalue weighted by atomic mass is 35.5. The highest BCUT2D eigenvalue weighted by molar-refractivity contribution is 6.32. The van der Waals surface area contributed by atoms with Crippen LogP contribution < -0.4 is 10.5 Å². The van der Waals surface area contributed by atoms with E-state index < -0.39 is 17.8 Å². The maximum atomic E-state index is 13.4. The second kappa shape index (κ2) is 5.14. The van der Waals surface area contributed by atoms with Crippen molar-refractivity contribution >= 4 is 17.6 Å². The number of carboxylic acid groups (broad SMARTS) is 1. The molecule has 4 nitrogen and oxygen atoms in total. The van der Waals surface area contributed by atoms with E-state index in [9.17, 15) is 9.18 Å². The largest absolute Gasteiger partial charge is 0.492 e. The van der Waals surface area contributed by atoms with E-state index in [-0.39, 0.29) is 17.2 Å². The minimum absolute atomic E-state index is 0.00989. The van der Waals surface area contributed by atoms with Gasteiger partial charge >= 0.3 is 5.97 Å². The minimum Gasteiger partial charge on any atom is -0.492 e. The van der Waals surface area contributed by atoms with Gasteiger partial charge in [0.2, 0.25) is 0 Å². The summed E-state index contributed by atoms with van der Waals surface area (Å²) < 4.78 is 18.1. The van der Waals surface area contributed by atoms with Crippen molar-refractivity contribution in [3.63, 3.8) is 0 Å². The van der Waals surface area contributed by atoms with Gasteiger partial charge in [0.1, 0.15) is 6.04 Å². The zero-order valence-corrected chi connectivity index (χ0v) is 9.29. The van der Waals surface area contributed by atoms with Crippen LogP contribution in [0.5, 0.6) is 5.75 Å². The maximum absolute atomic E-state index is 13.4. The van der Waals surface area contributed by atoms with E-state index in [1.54, 1.807) is 0 Å². The standard InChI is InChI=1S/C10H11ClFNO3/c1-16-9-6(11)2-5(3-7(9)12)4-8(13)10(14)15/h2-3,8H,4,13H2,1H3,(H,14,15)/t8-/m1/s1. The summed E-state index contributed by atoms with van der Waals surface area (Å²) in [6.07, 6.45) is 0.00989. The number of aliphatic carboxylic acids is 1. The van der Waals surface area contributed by atoms with Crippen molar-refractivity contribution < 1.29 is 19.0 Å². The van der Waals surface area contributed by atoms with E-state index in [0.717, 1.165) is 6.07 Å². The first kappa shape index (κ1) is 12.7. The number of methoxy groups -OCH3 is 1. The zero-order chi connectivity index (χ0) is 12.3. The Morgan fingerprint density at radius 3 is 2.75 bits per heavy atom. The number of hydrogen-bond donors (Lipinski definition) is 2. The van der Waals surface area contributed by atoms with Gasteiger partial charge in [-0.3, -0.25) is 4.79 Å². The Bertz CT molecular complexity index is 388. The molecule has 0 aromatic heterocycles. The van der Waals surface area contributed by atoms with E-state index in [1.165, 1.54) is 13.2 Å². The Hall–Kier alpha value is -1.33. The third kappa shape index (κ3) is 2.84. The summed E-state index contributed by atoms with van der Waals surface area (Å²) in [5.74, 6) is -1.84. The molecule has 1 aromatic carbocycles. The average Bonchev–Trinajstić information content (AvgIpc) is 2.16. The topological polar surface area (TPSA) is 72.5 Å². The molecule has 0 bridgehead atoms. The molecule has 1 rings (SSSR count). The van der Waals surface area contributed by atoms with Gasteiger partial charge in [0.25, 0.3) is 0 Å². The Balaban J connectivity index is 2.96. The summed E-state index contributed by atoms with van der Waals surface area (Å²) in [5, 5.41) is 8.70. The van der Waals surface area contributed by atoms with E-state index in [0.29, 0.717) is 5.56 Å². The Morgan fingerprint density at radius 1 is 1.69 bits per heavy atom. The number of hydrogen-bond acceptors (Lipinski definition) is 3. The summed E-state index contributed by atoms with van der Waals surface area (Å²) in [4.78, 5) is 10.5. The number of rotatable bonds is 4. The van der Waals surface area contributed by atoms with Crippen LogP contribution in [-0.2, 0) is 11.2 Å². The van der Waals surface area contributed by atoms with Gasteiger partial charge in [0, 0.05) is 0 Å². The first-order valence-corrected chi connectivity index (χ1v) is 4.83. The number of carboxylic acids is 1. The van der Waals surface area contributed by atoms with Gasteiger partial charge < -0.3 is 15.6 Å². The quantitative estimate of drug-likeness (QED) is 0.845. The number of nitrogens with two attached hydrogens (primary N) is 1. The van der Waals surface area contributed by atoms with Crippen LogP contribution in [0.15, 0.2) is 12.1 Å². The van der Waals surface area contributed by atoms with Crippen LogP contribution in [0.1, 0.15) is 5.56 Å². The van der Waals surface area contributed by atoms with Gasteiger partial charge in [0.15, 0.2) is 11.6 Å². The Labute approximate surface area is 96.8 Å². The van der Waals surface area contributed by atoms with Gasteiger partial charge in [-0.25, -0.2) is 4.39 Å². The van der Waals surface area contributed by atoms with Gasteiger partial charge in [-0.1, -0.05) is 11.6 Å². The molecule has 1 aromatic rings. The first-order valence-electron chi connectivity index (χ1n) is 4.46. The lowest BCUT2D eigenvalue weighted by Gasteiger charge is -2.09. The van der Waals surface area contributed by atoms with E-state index in [4.69, 9.17) is 27.2 Å².